The Hall–Kier alpha value is -0.0500. The van der Waals surface area contributed by atoms with Gasteiger partial charge in [0, 0.05) is 6.26 Å². The molecule has 0 aliphatic heterocycles. The first kappa shape index (κ1) is 8.05. The van der Waals surface area contributed by atoms with Gasteiger partial charge in [0.15, 0.2) is 0 Å². The topological polar surface area (TPSA) is 34.1 Å². The normalized spacial score (nSPS) is 21.7. The minimum Gasteiger partial charge on any atom is -0.229 e. The van der Waals surface area contributed by atoms with Crippen molar-refractivity contribution in [2.75, 3.05) is 12.0 Å². The van der Waals surface area contributed by atoms with E-state index in [1.165, 1.54) is 25.0 Å². The van der Waals surface area contributed by atoms with Gasteiger partial charge in [0.1, 0.15) is 9.84 Å². The second-order valence-corrected chi connectivity index (χ2v) is 5.17. The lowest BCUT2D eigenvalue weighted by atomic mass is 10.1. The minimum absolute atomic E-state index is 0.326. The highest BCUT2D eigenvalue weighted by atomic mass is 32.2. The molecule has 3 heteroatoms. The molecule has 59 valence electrons. The summed E-state index contributed by atoms with van der Waals surface area (Å²) < 4.78 is 21.5. The molecule has 1 saturated carbocycles. The summed E-state index contributed by atoms with van der Waals surface area (Å²) >= 11 is 0. The summed E-state index contributed by atoms with van der Waals surface area (Å²) in [4.78, 5) is 0. The molecular weight excluding hydrogens is 148 g/mol. The molecule has 0 saturated heterocycles. The van der Waals surface area contributed by atoms with Crippen LogP contribution in [0.15, 0.2) is 0 Å². The molecule has 0 heterocycles. The lowest BCUT2D eigenvalue weighted by Gasteiger charge is -2.03. The van der Waals surface area contributed by atoms with Gasteiger partial charge in [0.05, 0.1) is 5.75 Å². The van der Waals surface area contributed by atoms with Crippen LogP contribution < -0.4 is 0 Å². The summed E-state index contributed by atoms with van der Waals surface area (Å²) in [5.74, 6) is 1.55. The zero-order valence-electron chi connectivity index (χ0n) is 6.26. The van der Waals surface area contributed by atoms with Crippen molar-refractivity contribution >= 4 is 9.84 Å². The van der Waals surface area contributed by atoms with Crippen molar-refractivity contribution in [3.05, 3.63) is 5.92 Å². The summed E-state index contributed by atoms with van der Waals surface area (Å²) in [5, 5.41) is 0. The Morgan fingerprint density at radius 1 is 1.30 bits per heavy atom. The maximum absolute atomic E-state index is 10.8. The Labute approximate surface area is 62.5 Å². The van der Waals surface area contributed by atoms with E-state index < -0.39 is 9.84 Å². The standard InChI is InChI=1S/C7H13O2S/c1-10(8,9)6-7-4-2-3-5-7/h2-6H2,1H3. The van der Waals surface area contributed by atoms with Gasteiger partial charge in [-0.3, -0.25) is 0 Å². The maximum Gasteiger partial charge on any atom is 0.148 e. The third-order valence-corrected chi connectivity index (χ3v) is 2.71. The second kappa shape index (κ2) is 2.91. The molecule has 1 aliphatic carbocycles. The fourth-order valence-corrected chi connectivity index (χ4v) is 2.42. The Morgan fingerprint density at radius 3 is 2.20 bits per heavy atom. The van der Waals surface area contributed by atoms with E-state index in [0.717, 1.165) is 12.8 Å². The fraction of sp³-hybridized carbons (Fsp3) is 0.857. The summed E-state index contributed by atoms with van der Waals surface area (Å²) in [6.45, 7) is 0. The molecule has 1 rings (SSSR count). The van der Waals surface area contributed by atoms with Crippen LogP contribution in [0.4, 0.5) is 0 Å². The van der Waals surface area contributed by atoms with Crippen molar-refractivity contribution in [3.63, 3.8) is 0 Å². The maximum atomic E-state index is 10.8. The first-order valence-electron chi connectivity index (χ1n) is 3.59. The molecule has 1 radical (unpaired) electrons. The van der Waals surface area contributed by atoms with E-state index in [0.29, 0.717) is 5.75 Å². The number of hydrogen-bond donors (Lipinski definition) is 0. The van der Waals surface area contributed by atoms with Crippen LogP contribution in [0.2, 0.25) is 0 Å². The smallest absolute Gasteiger partial charge is 0.148 e. The predicted octanol–water partition coefficient (Wildman–Crippen LogP) is 1.18. The van der Waals surface area contributed by atoms with Gasteiger partial charge in [-0.25, -0.2) is 8.42 Å². The molecule has 0 N–H and O–H groups in total. The Morgan fingerprint density at radius 2 is 1.80 bits per heavy atom. The monoisotopic (exact) mass is 161 g/mol. The zero-order valence-corrected chi connectivity index (χ0v) is 7.08. The minimum atomic E-state index is -2.74. The van der Waals surface area contributed by atoms with E-state index in [1.807, 2.05) is 0 Å². The molecule has 0 aromatic carbocycles. The quantitative estimate of drug-likeness (QED) is 0.609. The lowest BCUT2D eigenvalue weighted by Crippen LogP contribution is -2.09. The molecular formula is C7H13O2S. The summed E-state index contributed by atoms with van der Waals surface area (Å²) in [5.41, 5.74) is 0. The predicted molar refractivity (Wildman–Crippen MR) is 41.4 cm³/mol. The molecule has 0 atom stereocenters. The first-order valence-corrected chi connectivity index (χ1v) is 5.65. The van der Waals surface area contributed by atoms with Gasteiger partial charge < -0.3 is 0 Å². The number of rotatable bonds is 2. The lowest BCUT2D eigenvalue weighted by molar-refractivity contribution is 0.600. The van der Waals surface area contributed by atoms with Crippen molar-refractivity contribution in [1.29, 1.82) is 0 Å². The molecule has 0 amide bonds. The highest BCUT2D eigenvalue weighted by Crippen LogP contribution is 2.27. The molecule has 0 unspecified atom stereocenters. The molecule has 0 spiro atoms. The van der Waals surface area contributed by atoms with Crippen molar-refractivity contribution in [2.24, 2.45) is 0 Å². The largest absolute Gasteiger partial charge is 0.229 e. The highest BCUT2D eigenvalue weighted by molar-refractivity contribution is 7.90. The molecule has 0 aromatic heterocycles. The van der Waals surface area contributed by atoms with Gasteiger partial charge in [-0.1, -0.05) is 12.8 Å². The third kappa shape index (κ3) is 2.69. The Kier molecular flexibility index (Phi) is 2.34. The molecule has 1 fully saturated rings. The van der Waals surface area contributed by atoms with Gasteiger partial charge in [-0.2, -0.15) is 0 Å². The van der Waals surface area contributed by atoms with Gasteiger partial charge in [0.25, 0.3) is 0 Å². The zero-order chi connectivity index (χ0) is 7.61. The average molecular weight is 161 g/mol. The van der Waals surface area contributed by atoms with Gasteiger partial charge in [-0.15, -0.1) is 0 Å². The van der Waals surface area contributed by atoms with Gasteiger partial charge >= 0.3 is 0 Å². The van der Waals surface area contributed by atoms with Crippen LogP contribution in [0.1, 0.15) is 25.7 Å². The van der Waals surface area contributed by atoms with Crippen LogP contribution in [-0.2, 0) is 9.84 Å². The van der Waals surface area contributed by atoms with E-state index >= 15 is 0 Å². The third-order valence-electron chi connectivity index (χ3n) is 1.78. The van der Waals surface area contributed by atoms with Crippen LogP contribution in [0.5, 0.6) is 0 Å². The fourth-order valence-electron chi connectivity index (χ4n) is 1.39. The van der Waals surface area contributed by atoms with Crippen molar-refractivity contribution in [2.45, 2.75) is 25.7 Å². The summed E-state index contributed by atoms with van der Waals surface area (Å²) in [6, 6.07) is 0. The average Bonchev–Trinajstić information content (AvgIpc) is 2.12. The van der Waals surface area contributed by atoms with E-state index in [-0.39, 0.29) is 0 Å². The van der Waals surface area contributed by atoms with Crippen LogP contribution >= 0.6 is 0 Å². The Balaban J connectivity index is 2.38. The molecule has 2 nitrogen and oxygen atoms in total. The summed E-state index contributed by atoms with van der Waals surface area (Å²) in [7, 11) is -2.74. The van der Waals surface area contributed by atoms with E-state index in [4.69, 9.17) is 0 Å². The van der Waals surface area contributed by atoms with Crippen molar-refractivity contribution in [1.82, 2.24) is 0 Å². The van der Waals surface area contributed by atoms with Crippen LogP contribution in [0, 0.1) is 5.92 Å². The van der Waals surface area contributed by atoms with E-state index in [2.05, 4.69) is 0 Å². The Bertz CT molecular complexity index is 188. The van der Waals surface area contributed by atoms with Crippen molar-refractivity contribution in [3.8, 4) is 0 Å². The second-order valence-electron chi connectivity index (χ2n) is 3.03. The molecule has 0 aromatic rings. The molecule has 0 bridgehead atoms. The molecule has 1 aliphatic rings. The SMILES string of the molecule is CS(=O)(=O)C[C]1CCCC1. The van der Waals surface area contributed by atoms with Gasteiger partial charge in [-0.05, 0) is 18.8 Å². The van der Waals surface area contributed by atoms with Gasteiger partial charge in [0.2, 0.25) is 0 Å². The number of hydrogen-bond acceptors (Lipinski definition) is 2. The van der Waals surface area contributed by atoms with E-state index in [1.54, 1.807) is 0 Å². The van der Waals surface area contributed by atoms with Crippen LogP contribution in [0.3, 0.4) is 0 Å². The van der Waals surface area contributed by atoms with E-state index in [9.17, 15) is 8.42 Å². The van der Waals surface area contributed by atoms with Crippen molar-refractivity contribution < 1.29 is 8.42 Å². The first-order chi connectivity index (χ1) is 4.58. The van der Waals surface area contributed by atoms with Crippen LogP contribution in [0.25, 0.3) is 0 Å². The van der Waals surface area contributed by atoms with Crippen LogP contribution in [-0.4, -0.2) is 20.4 Å². The molecule has 10 heavy (non-hydrogen) atoms. The highest BCUT2D eigenvalue weighted by Gasteiger charge is 2.19. The summed E-state index contributed by atoms with van der Waals surface area (Å²) in [6.07, 6.45) is 5.74. The number of sulfone groups is 1.